The van der Waals surface area contributed by atoms with Crippen molar-refractivity contribution in [3.8, 4) is 5.88 Å². The number of aliphatic hydroxyl groups is 1. The second kappa shape index (κ2) is 8.12. The van der Waals surface area contributed by atoms with E-state index in [4.69, 9.17) is 5.11 Å². The summed E-state index contributed by atoms with van der Waals surface area (Å²) < 4.78 is 16.2. The lowest BCUT2D eigenvalue weighted by Crippen LogP contribution is -2.48. The fourth-order valence-electron chi connectivity index (χ4n) is 3.71. The van der Waals surface area contributed by atoms with Gasteiger partial charge in [-0.15, -0.1) is 5.10 Å². The Kier molecular flexibility index (Phi) is 5.58. The summed E-state index contributed by atoms with van der Waals surface area (Å²) in [5, 5.41) is 24.4. The van der Waals surface area contributed by atoms with Gasteiger partial charge in [-0.05, 0) is 6.07 Å². The Balaban J connectivity index is 1.73. The number of nitrogens with zero attached hydrogens (tertiary/aromatic N) is 5. The van der Waals surface area contributed by atoms with Gasteiger partial charge in [-0.25, -0.2) is 9.37 Å². The molecule has 0 amide bonds. The molecule has 0 saturated carbocycles. The molecular formula is C19H24FN5O2S. The molecular weight excluding hydrogens is 381 g/mol. The Morgan fingerprint density at radius 2 is 1.96 bits per heavy atom. The molecule has 0 bridgehead atoms. The average Bonchev–Trinajstić information content (AvgIpc) is 3.24. The maximum Gasteiger partial charge on any atom is 0.230 e. The molecule has 2 N–H and O–H groups in total. The number of fused-ring (bicyclic) bond motifs is 1. The first-order valence-electron chi connectivity index (χ1n) is 9.51. The summed E-state index contributed by atoms with van der Waals surface area (Å²) in [6, 6.07) is 6.30. The Bertz CT molecular complexity index is 951. The predicted molar refractivity (Wildman–Crippen MR) is 105 cm³/mol. The molecule has 3 aromatic rings. The Labute approximate surface area is 166 Å². The normalized spacial score (nSPS) is 17.4. The van der Waals surface area contributed by atoms with Crippen LogP contribution in [0.4, 0.5) is 4.39 Å². The third-order valence-electron chi connectivity index (χ3n) is 5.20. The maximum absolute atomic E-state index is 14.7. The molecule has 1 aliphatic rings. The van der Waals surface area contributed by atoms with Gasteiger partial charge >= 0.3 is 0 Å². The van der Waals surface area contributed by atoms with Crippen molar-refractivity contribution in [1.82, 2.24) is 24.4 Å². The highest BCUT2D eigenvalue weighted by atomic mass is 32.1. The second-order valence-corrected chi connectivity index (χ2v) is 7.90. The zero-order chi connectivity index (χ0) is 19.7. The zero-order valence-electron chi connectivity index (χ0n) is 15.8. The van der Waals surface area contributed by atoms with Crippen LogP contribution < -0.4 is 0 Å². The summed E-state index contributed by atoms with van der Waals surface area (Å²) in [5.74, 6) is 0.407. The summed E-state index contributed by atoms with van der Waals surface area (Å²) in [4.78, 5) is 10.1. The fraction of sp³-hybridized carbons (Fsp3) is 0.474. The van der Waals surface area contributed by atoms with Crippen LogP contribution in [0.15, 0.2) is 24.3 Å². The van der Waals surface area contributed by atoms with E-state index in [2.05, 4.69) is 19.9 Å². The van der Waals surface area contributed by atoms with Gasteiger partial charge < -0.3 is 10.2 Å². The van der Waals surface area contributed by atoms with E-state index >= 15 is 0 Å². The van der Waals surface area contributed by atoms with Gasteiger partial charge in [0.25, 0.3) is 0 Å². The fourth-order valence-corrected chi connectivity index (χ4v) is 4.83. The van der Waals surface area contributed by atoms with Crippen LogP contribution in [-0.2, 0) is 6.42 Å². The van der Waals surface area contributed by atoms with Crippen molar-refractivity contribution in [3.05, 3.63) is 46.3 Å². The first-order chi connectivity index (χ1) is 13.6. The standard InChI is InChI=1S/C19H24FN5O2S/c1-2-15-21-19-25(22-15)18(27)17(28-19)16(13-5-3-4-6-14(13)20)24-9-7-23(8-10-24)11-12-26/h3-6,16,26-27H,2,7-12H2,1H3/t16-/m0/s1. The van der Waals surface area contributed by atoms with E-state index in [9.17, 15) is 9.50 Å². The van der Waals surface area contributed by atoms with E-state index in [0.717, 1.165) is 13.1 Å². The van der Waals surface area contributed by atoms with Crippen LogP contribution in [0, 0.1) is 5.82 Å². The molecule has 0 spiro atoms. The van der Waals surface area contributed by atoms with Crippen LogP contribution in [0.5, 0.6) is 5.88 Å². The summed E-state index contributed by atoms with van der Waals surface area (Å²) in [6.07, 6.45) is 0.687. The number of aromatic nitrogens is 3. The second-order valence-electron chi connectivity index (χ2n) is 6.89. The lowest BCUT2D eigenvalue weighted by atomic mass is 10.0. The van der Waals surface area contributed by atoms with Crippen molar-refractivity contribution in [2.75, 3.05) is 39.3 Å². The van der Waals surface area contributed by atoms with Gasteiger partial charge in [-0.2, -0.15) is 4.52 Å². The molecule has 2 aromatic heterocycles. The number of hydrogen-bond acceptors (Lipinski definition) is 7. The third-order valence-corrected chi connectivity index (χ3v) is 6.27. The van der Waals surface area contributed by atoms with Crippen molar-refractivity contribution >= 4 is 16.3 Å². The molecule has 1 aromatic carbocycles. The smallest absolute Gasteiger partial charge is 0.230 e. The molecule has 1 aliphatic heterocycles. The third kappa shape index (κ3) is 3.50. The molecule has 4 rings (SSSR count). The highest BCUT2D eigenvalue weighted by Crippen LogP contribution is 2.40. The van der Waals surface area contributed by atoms with Crippen LogP contribution in [0.25, 0.3) is 4.96 Å². The van der Waals surface area contributed by atoms with Crippen molar-refractivity contribution in [2.24, 2.45) is 0 Å². The van der Waals surface area contributed by atoms with Gasteiger partial charge in [0, 0.05) is 44.7 Å². The Morgan fingerprint density at radius 1 is 1.21 bits per heavy atom. The molecule has 1 saturated heterocycles. The first kappa shape index (κ1) is 19.3. The summed E-state index contributed by atoms with van der Waals surface area (Å²) in [5.41, 5.74) is 0.536. The van der Waals surface area contributed by atoms with Gasteiger partial charge in [0.2, 0.25) is 10.8 Å². The number of aliphatic hydroxyl groups excluding tert-OH is 1. The number of thiazole rings is 1. The monoisotopic (exact) mass is 405 g/mol. The van der Waals surface area contributed by atoms with Crippen LogP contribution in [-0.4, -0.2) is 73.9 Å². The summed E-state index contributed by atoms with van der Waals surface area (Å²) >= 11 is 1.35. The van der Waals surface area contributed by atoms with E-state index < -0.39 is 6.04 Å². The first-order valence-corrected chi connectivity index (χ1v) is 10.3. The van der Waals surface area contributed by atoms with Crippen molar-refractivity contribution in [2.45, 2.75) is 19.4 Å². The van der Waals surface area contributed by atoms with Crippen molar-refractivity contribution in [3.63, 3.8) is 0 Å². The summed E-state index contributed by atoms with van der Waals surface area (Å²) in [7, 11) is 0. The minimum absolute atomic E-state index is 0.0261. The van der Waals surface area contributed by atoms with E-state index in [0.29, 0.717) is 47.3 Å². The van der Waals surface area contributed by atoms with Crippen LogP contribution in [0.3, 0.4) is 0 Å². The molecule has 150 valence electrons. The number of hydrogen-bond donors (Lipinski definition) is 2. The van der Waals surface area contributed by atoms with Crippen LogP contribution in [0.2, 0.25) is 0 Å². The van der Waals surface area contributed by atoms with Gasteiger partial charge in [0.05, 0.1) is 17.5 Å². The SMILES string of the molecule is CCc1nc2sc([C@H](c3ccccc3F)N3CCN(CCO)CC3)c(O)n2n1. The minimum atomic E-state index is -0.406. The van der Waals surface area contributed by atoms with Crippen molar-refractivity contribution in [1.29, 1.82) is 0 Å². The number of aryl methyl sites for hydroxylation is 1. The number of rotatable bonds is 6. The lowest BCUT2D eigenvalue weighted by Gasteiger charge is -2.39. The average molecular weight is 405 g/mol. The number of benzene rings is 1. The summed E-state index contributed by atoms with van der Waals surface area (Å²) in [6.45, 7) is 5.73. The predicted octanol–water partition coefficient (Wildman–Crippen LogP) is 1.90. The molecule has 0 radical (unpaired) electrons. The molecule has 0 aliphatic carbocycles. The molecule has 9 heteroatoms. The van der Waals surface area contributed by atoms with Crippen LogP contribution in [0.1, 0.15) is 29.2 Å². The van der Waals surface area contributed by atoms with E-state index in [-0.39, 0.29) is 18.3 Å². The van der Waals surface area contributed by atoms with Gasteiger partial charge in [-0.3, -0.25) is 9.80 Å². The van der Waals surface area contributed by atoms with E-state index in [1.807, 2.05) is 13.0 Å². The van der Waals surface area contributed by atoms with E-state index in [1.165, 1.54) is 21.9 Å². The Morgan fingerprint density at radius 3 is 2.61 bits per heavy atom. The lowest BCUT2D eigenvalue weighted by molar-refractivity contribution is 0.0936. The minimum Gasteiger partial charge on any atom is -0.492 e. The van der Waals surface area contributed by atoms with Crippen molar-refractivity contribution < 1.29 is 14.6 Å². The molecule has 0 unspecified atom stereocenters. The number of aromatic hydroxyl groups is 1. The Hall–Kier alpha value is -2.07. The number of β-amino-alcohol motifs (C(OH)–C–C–N with tert-alkyl or cyclic N) is 1. The number of halogens is 1. The molecule has 1 atom stereocenters. The maximum atomic E-state index is 14.7. The number of piperazine rings is 1. The largest absolute Gasteiger partial charge is 0.492 e. The van der Waals surface area contributed by atoms with Gasteiger partial charge in [-0.1, -0.05) is 36.5 Å². The molecule has 7 nitrogen and oxygen atoms in total. The quantitative estimate of drug-likeness (QED) is 0.652. The highest BCUT2D eigenvalue weighted by molar-refractivity contribution is 7.17. The zero-order valence-corrected chi connectivity index (χ0v) is 16.6. The molecule has 28 heavy (non-hydrogen) atoms. The topological polar surface area (TPSA) is 77.1 Å². The van der Waals surface area contributed by atoms with Crippen LogP contribution >= 0.6 is 11.3 Å². The van der Waals surface area contributed by atoms with E-state index in [1.54, 1.807) is 12.1 Å². The molecule has 1 fully saturated rings. The van der Waals surface area contributed by atoms with Gasteiger partial charge in [0.1, 0.15) is 5.82 Å². The highest BCUT2D eigenvalue weighted by Gasteiger charge is 2.33. The molecule has 3 heterocycles. The van der Waals surface area contributed by atoms with Gasteiger partial charge in [0.15, 0.2) is 5.82 Å².